The molecule has 0 atom stereocenters. The van der Waals surface area contributed by atoms with E-state index in [1.54, 1.807) is 11.3 Å². The van der Waals surface area contributed by atoms with Crippen molar-refractivity contribution >= 4 is 11.3 Å². The summed E-state index contributed by atoms with van der Waals surface area (Å²) < 4.78 is 0. The van der Waals surface area contributed by atoms with Crippen molar-refractivity contribution in [1.82, 2.24) is 20.2 Å². The van der Waals surface area contributed by atoms with Crippen LogP contribution in [0.25, 0.3) is 10.7 Å². The van der Waals surface area contributed by atoms with Gasteiger partial charge in [-0.3, -0.25) is 9.88 Å². The van der Waals surface area contributed by atoms with Crippen LogP contribution in [0.4, 0.5) is 0 Å². The molecule has 0 bridgehead atoms. The Morgan fingerprint density at radius 2 is 2.18 bits per heavy atom. The lowest BCUT2D eigenvalue weighted by molar-refractivity contribution is 0.171. The summed E-state index contributed by atoms with van der Waals surface area (Å²) in [6.45, 7) is 4.52. The summed E-state index contributed by atoms with van der Waals surface area (Å²) in [4.78, 5) is 11.7. The Kier molecular flexibility index (Phi) is 5.53. The number of pyridine rings is 1. The monoisotopic (exact) mass is 316 g/mol. The van der Waals surface area contributed by atoms with Crippen LogP contribution in [0.15, 0.2) is 29.8 Å². The van der Waals surface area contributed by atoms with Gasteiger partial charge in [0.25, 0.3) is 0 Å². The summed E-state index contributed by atoms with van der Waals surface area (Å²) in [5.41, 5.74) is 2.16. The first-order chi connectivity index (χ1) is 10.8. The molecule has 0 aliphatic carbocycles. The second kappa shape index (κ2) is 7.81. The van der Waals surface area contributed by atoms with Crippen molar-refractivity contribution in [3.63, 3.8) is 0 Å². The highest BCUT2D eigenvalue weighted by molar-refractivity contribution is 7.13. The average molecular weight is 316 g/mol. The van der Waals surface area contributed by atoms with Crippen molar-refractivity contribution in [2.45, 2.75) is 25.8 Å². The Balaban J connectivity index is 1.51. The van der Waals surface area contributed by atoms with Crippen LogP contribution in [0.1, 0.15) is 25.0 Å². The number of piperidine rings is 1. The first kappa shape index (κ1) is 15.6. The van der Waals surface area contributed by atoms with Gasteiger partial charge in [-0.15, -0.1) is 11.3 Å². The summed E-state index contributed by atoms with van der Waals surface area (Å²) in [6.07, 6.45) is 5.77. The summed E-state index contributed by atoms with van der Waals surface area (Å²) in [5, 5.41) is 6.46. The number of likely N-dealkylation sites (tertiary alicyclic amines) is 1. The van der Waals surface area contributed by atoms with E-state index in [0.717, 1.165) is 29.7 Å². The second-order valence-corrected chi connectivity index (χ2v) is 6.83. The van der Waals surface area contributed by atoms with Crippen molar-refractivity contribution in [3.8, 4) is 10.7 Å². The van der Waals surface area contributed by atoms with Gasteiger partial charge in [-0.05, 0) is 64.0 Å². The van der Waals surface area contributed by atoms with Gasteiger partial charge >= 0.3 is 0 Å². The Morgan fingerprint density at radius 1 is 1.32 bits per heavy atom. The van der Waals surface area contributed by atoms with Crippen LogP contribution in [-0.2, 0) is 6.54 Å². The Labute approximate surface area is 136 Å². The molecule has 1 saturated heterocycles. The largest absolute Gasteiger partial charge is 0.320 e. The van der Waals surface area contributed by atoms with Crippen molar-refractivity contribution in [2.75, 3.05) is 26.7 Å². The second-order valence-electron chi connectivity index (χ2n) is 5.97. The van der Waals surface area contributed by atoms with E-state index in [1.807, 2.05) is 31.4 Å². The van der Waals surface area contributed by atoms with E-state index >= 15 is 0 Å². The third kappa shape index (κ3) is 4.12. The molecule has 4 nitrogen and oxygen atoms in total. The number of thiazole rings is 1. The highest BCUT2D eigenvalue weighted by Crippen LogP contribution is 2.24. The quantitative estimate of drug-likeness (QED) is 0.889. The number of nitrogens with zero attached hydrogens (tertiary/aromatic N) is 3. The summed E-state index contributed by atoms with van der Waals surface area (Å²) >= 11 is 1.69. The molecule has 0 unspecified atom stereocenters. The topological polar surface area (TPSA) is 41.0 Å². The molecule has 22 heavy (non-hydrogen) atoms. The van der Waals surface area contributed by atoms with E-state index < -0.39 is 0 Å². The summed E-state index contributed by atoms with van der Waals surface area (Å²) in [5.74, 6) is 0.892. The van der Waals surface area contributed by atoms with E-state index in [-0.39, 0.29) is 0 Å². The molecule has 2 aromatic rings. The van der Waals surface area contributed by atoms with Gasteiger partial charge < -0.3 is 5.32 Å². The van der Waals surface area contributed by atoms with Crippen LogP contribution in [0.2, 0.25) is 0 Å². The van der Waals surface area contributed by atoms with Gasteiger partial charge in [0, 0.05) is 18.1 Å². The zero-order valence-corrected chi connectivity index (χ0v) is 14.0. The molecule has 1 aliphatic rings. The molecule has 0 saturated carbocycles. The normalized spacial score (nSPS) is 17.0. The van der Waals surface area contributed by atoms with E-state index in [2.05, 4.69) is 20.6 Å². The number of nitrogens with one attached hydrogen (secondary N) is 1. The molecule has 0 aromatic carbocycles. The molecule has 118 valence electrons. The van der Waals surface area contributed by atoms with Crippen molar-refractivity contribution in [2.24, 2.45) is 5.92 Å². The van der Waals surface area contributed by atoms with Gasteiger partial charge in [0.05, 0.1) is 11.4 Å². The molecule has 1 fully saturated rings. The molecule has 0 radical (unpaired) electrons. The molecule has 1 N–H and O–H groups in total. The molecule has 5 heteroatoms. The predicted molar refractivity (Wildman–Crippen MR) is 91.9 cm³/mol. The van der Waals surface area contributed by atoms with Gasteiger partial charge in [-0.2, -0.15) is 0 Å². The summed E-state index contributed by atoms with van der Waals surface area (Å²) in [7, 11) is 2.04. The Morgan fingerprint density at radius 3 is 2.91 bits per heavy atom. The molecule has 3 heterocycles. The minimum Gasteiger partial charge on any atom is -0.320 e. The molecule has 1 aliphatic heterocycles. The van der Waals surface area contributed by atoms with Crippen molar-refractivity contribution in [1.29, 1.82) is 0 Å². The average Bonchev–Trinajstić information content (AvgIpc) is 3.04. The molecule has 0 amide bonds. The van der Waals surface area contributed by atoms with Gasteiger partial charge in [-0.25, -0.2) is 4.98 Å². The number of rotatable bonds is 6. The van der Waals surface area contributed by atoms with Crippen LogP contribution in [0.3, 0.4) is 0 Å². The fraction of sp³-hybridized carbons (Fsp3) is 0.529. The minimum atomic E-state index is 0.892. The first-order valence-electron chi connectivity index (χ1n) is 8.08. The minimum absolute atomic E-state index is 0.892. The Hall–Kier alpha value is -1.30. The standard InChI is InChI=1S/C17H24N4S/c1-18-9-5-14-6-10-21(11-7-14)12-15-13-22-17(20-15)16-4-2-3-8-19-16/h2-4,8,13-14,18H,5-7,9-12H2,1H3. The van der Waals surface area contributed by atoms with Crippen LogP contribution in [0.5, 0.6) is 0 Å². The fourth-order valence-corrected chi connectivity index (χ4v) is 3.78. The smallest absolute Gasteiger partial charge is 0.142 e. The van der Waals surface area contributed by atoms with Crippen LogP contribution < -0.4 is 5.32 Å². The van der Waals surface area contributed by atoms with E-state index in [4.69, 9.17) is 4.98 Å². The maximum Gasteiger partial charge on any atom is 0.142 e. The van der Waals surface area contributed by atoms with Gasteiger partial charge in [-0.1, -0.05) is 6.07 Å². The maximum atomic E-state index is 4.75. The third-order valence-electron chi connectivity index (χ3n) is 4.33. The fourth-order valence-electron chi connectivity index (χ4n) is 3.00. The van der Waals surface area contributed by atoms with Gasteiger partial charge in [0.1, 0.15) is 5.01 Å². The SMILES string of the molecule is CNCCC1CCN(Cc2csc(-c3ccccn3)n2)CC1. The zero-order chi connectivity index (χ0) is 15.2. The van der Waals surface area contributed by atoms with Crippen LogP contribution in [-0.4, -0.2) is 41.5 Å². The lowest BCUT2D eigenvalue weighted by Crippen LogP contribution is -2.34. The lowest BCUT2D eigenvalue weighted by atomic mass is 9.93. The molecule has 2 aromatic heterocycles. The molecule has 3 rings (SSSR count). The van der Waals surface area contributed by atoms with E-state index in [1.165, 1.54) is 38.0 Å². The van der Waals surface area contributed by atoms with E-state index in [9.17, 15) is 0 Å². The molecule has 0 spiro atoms. The summed E-state index contributed by atoms with van der Waals surface area (Å²) in [6, 6.07) is 5.98. The van der Waals surface area contributed by atoms with Crippen LogP contribution in [0, 0.1) is 5.92 Å². The Bertz CT molecular complexity index is 561. The first-order valence-corrected chi connectivity index (χ1v) is 8.96. The zero-order valence-electron chi connectivity index (χ0n) is 13.2. The van der Waals surface area contributed by atoms with Gasteiger partial charge in [0.2, 0.25) is 0 Å². The van der Waals surface area contributed by atoms with Crippen molar-refractivity contribution in [3.05, 3.63) is 35.5 Å². The lowest BCUT2D eigenvalue weighted by Gasteiger charge is -2.31. The predicted octanol–water partition coefficient (Wildman–Crippen LogP) is 3.03. The van der Waals surface area contributed by atoms with Crippen LogP contribution >= 0.6 is 11.3 Å². The number of hydrogen-bond acceptors (Lipinski definition) is 5. The van der Waals surface area contributed by atoms with E-state index in [0.29, 0.717) is 0 Å². The number of hydrogen-bond donors (Lipinski definition) is 1. The number of aromatic nitrogens is 2. The van der Waals surface area contributed by atoms with Gasteiger partial charge in [0.15, 0.2) is 0 Å². The molecular formula is C17H24N4S. The third-order valence-corrected chi connectivity index (χ3v) is 5.24. The highest BCUT2D eigenvalue weighted by atomic mass is 32.1. The molecular weight excluding hydrogens is 292 g/mol. The highest BCUT2D eigenvalue weighted by Gasteiger charge is 2.19. The maximum absolute atomic E-state index is 4.75. The van der Waals surface area contributed by atoms with Crippen molar-refractivity contribution < 1.29 is 0 Å².